The molecule has 0 spiro atoms. The first-order valence-corrected chi connectivity index (χ1v) is 8.12. The first-order valence-electron chi connectivity index (χ1n) is 7.30. The number of nitrogens with one attached hydrogen (secondary N) is 2. The van der Waals surface area contributed by atoms with Crippen LogP contribution in [-0.2, 0) is 0 Å². The summed E-state index contributed by atoms with van der Waals surface area (Å²) in [7, 11) is 0. The van der Waals surface area contributed by atoms with Gasteiger partial charge >= 0.3 is 0 Å². The van der Waals surface area contributed by atoms with Crippen LogP contribution in [0, 0.1) is 13.8 Å². The highest BCUT2D eigenvalue weighted by Crippen LogP contribution is 2.38. The van der Waals surface area contributed by atoms with Gasteiger partial charge in [-0.05, 0) is 30.2 Å². The number of carbonyl (C=O) groups excluding carboxylic acids is 1. The van der Waals surface area contributed by atoms with Gasteiger partial charge in [0.15, 0.2) is 0 Å². The number of fused-ring (bicyclic) bond motifs is 2. The molecule has 0 saturated heterocycles. The number of hydrogen-bond acceptors (Lipinski definition) is 3. The molecule has 2 heterocycles. The van der Waals surface area contributed by atoms with Crippen molar-refractivity contribution in [1.29, 1.82) is 0 Å². The van der Waals surface area contributed by atoms with Crippen molar-refractivity contribution >= 4 is 33.0 Å². The minimum absolute atomic E-state index is 0.00790. The minimum atomic E-state index is -0.191. The molecule has 4 heteroatoms. The van der Waals surface area contributed by atoms with Gasteiger partial charge in [0.2, 0.25) is 0 Å². The van der Waals surface area contributed by atoms with Crippen molar-refractivity contribution in [2.24, 2.45) is 0 Å². The Morgan fingerprint density at radius 3 is 2.64 bits per heavy atom. The molecule has 3 nitrogen and oxygen atoms in total. The van der Waals surface area contributed by atoms with E-state index in [1.807, 2.05) is 25.1 Å². The molecule has 1 unspecified atom stereocenters. The topological polar surface area (TPSA) is 41.1 Å². The van der Waals surface area contributed by atoms with E-state index in [1.54, 1.807) is 11.3 Å². The van der Waals surface area contributed by atoms with Crippen molar-refractivity contribution in [3.05, 3.63) is 64.0 Å². The number of benzene rings is 2. The van der Waals surface area contributed by atoms with Crippen molar-refractivity contribution < 1.29 is 4.79 Å². The van der Waals surface area contributed by atoms with E-state index in [1.165, 1.54) is 10.3 Å². The van der Waals surface area contributed by atoms with E-state index < -0.39 is 0 Å². The second-order valence-electron chi connectivity index (χ2n) is 5.61. The highest BCUT2D eigenvalue weighted by atomic mass is 32.1. The Morgan fingerprint density at radius 1 is 1.00 bits per heavy atom. The van der Waals surface area contributed by atoms with E-state index in [9.17, 15) is 4.79 Å². The van der Waals surface area contributed by atoms with Gasteiger partial charge in [0.05, 0.1) is 5.56 Å². The van der Waals surface area contributed by atoms with Gasteiger partial charge in [0, 0.05) is 10.4 Å². The van der Waals surface area contributed by atoms with Crippen LogP contribution in [0.25, 0.3) is 10.8 Å². The molecule has 1 aliphatic heterocycles. The fourth-order valence-electron chi connectivity index (χ4n) is 3.03. The summed E-state index contributed by atoms with van der Waals surface area (Å²) in [5.74, 6) is 0.00790. The Morgan fingerprint density at radius 2 is 1.77 bits per heavy atom. The Kier molecular flexibility index (Phi) is 2.94. The second kappa shape index (κ2) is 4.85. The average molecular weight is 308 g/mol. The molecular formula is C18H16N2OS. The normalized spacial score (nSPS) is 17.0. The summed E-state index contributed by atoms with van der Waals surface area (Å²) in [5, 5.41) is 9.89. The Hall–Kier alpha value is -2.33. The lowest BCUT2D eigenvalue weighted by molar-refractivity contribution is 0.0936. The van der Waals surface area contributed by atoms with Crippen LogP contribution in [0.3, 0.4) is 0 Å². The first kappa shape index (κ1) is 13.3. The van der Waals surface area contributed by atoms with Gasteiger partial charge in [-0.1, -0.05) is 42.5 Å². The molecule has 1 atom stereocenters. The molecule has 110 valence electrons. The highest BCUT2D eigenvalue weighted by molar-refractivity contribution is 7.16. The van der Waals surface area contributed by atoms with Crippen molar-refractivity contribution in [3.8, 4) is 0 Å². The standard InChI is InChI=1S/C18H16N2OS/c1-10-11(2)22-18-15(10)17(21)19-16(20-18)14-9-5-7-12-6-3-4-8-13(12)14/h3-9,16,20H,1-2H3,(H,19,21). The number of amides is 1. The molecule has 3 aromatic rings. The van der Waals surface area contributed by atoms with Crippen LogP contribution in [0.2, 0.25) is 0 Å². The third kappa shape index (κ3) is 1.91. The van der Waals surface area contributed by atoms with Crippen molar-refractivity contribution in [2.45, 2.75) is 20.0 Å². The fourth-order valence-corrected chi connectivity index (χ4v) is 4.12. The van der Waals surface area contributed by atoms with E-state index in [-0.39, 0.29) is 12.1 Å². The molecule has 0 aliphatic carbocycles. The molecule has 0 fully saturated rings. The number of hydrogen-bond donors (Lipinski definition) is 2. The maximum absolute atomic E-state index is 12.5. The lowest BCUT2D eigenvalue weighted by Gasteiger charge is -2.27. The predicted octanol–water partition coefficient (Wildman–Crippen LogP) is 4.37. The summed E-state index contributed by atoms with van der Waals surface area (Å²) >= 11 is 1.65. The largest absolute Gasteiger partial charge is 0.353 e. The molecule has 1 aliphatic rings. The molecule has 1 aromatic heterocycles. The number of carbonyl (C=O) groups is 1. The molecule has 2 aromatic carbocycles. The molecule has 0 saturated carbocycles. The van der Waals surface area contributed by atoms with Crippen LogP contribution in [-0.4, -0.2) is 5.91 Å². The molecule has 0 radical (unpaired) electrons. The highest BCUT2D eigenvalue weighted by Gasteiger charge is 2.29. The van der Waals surface area contributed by atoms with Crippen LogP contribution in [0.5, 0.6) is 0 Å². The van der Waals surface area contributed by atoms with Gasteiger partial charge in [-0.2, -0.15) is 0 Å². The SMILES string of the molecule is Cc1sc2c(c1C)C(=O)NC(c1cccc3ccccc13)N2. The third-order valence-electron chi connectivity index (χ3n) is 4.30. The summed E-state index contributed by atoms with van der Waals surface area (Å²) < 4.78 is 0. The maximum atomic E-state index is 12.5. The molecule has 22 heavy (non-hydrogen) atoms. The summed E-state index contributed by atoms with van der Waals surface area (Å²) in [4.78, 5) is 13.7. The average Bonchev–Trinajstić information content (AvgIpc) is 2.81. The van der Waals surface area contributed by atoms with Gasteiger partial charge in [-0.25, -0.2) is 0 Å². The van der Waals surface area contributed by atoms with E-state index in [0.29, 0.717) is 0 Å². The van der Waals surface area contributed by atoms with Gasteiger partial charge in [0.25, 0.3) is 5.91 Å². The van der Waals surface area contributed by atoms with E-state index >= 15 is 0 Å². The van der Waals surface area contributed by atoms with Crippen LogP contribution in [0.15, 0.2) is 42.5 Å². The molecule has 0 bridgehead atoms. The summed E-state index contributed by atoms with van der Waals surface area (Å²) in [6, 6.07) is 14.4. The molecule has 4 rings (SSSR count). The van der Waals surface area contributed by atoms with Crippen LogP contribution in [0.1, 0.15) is 32.5 Å². The van der Waals surface area contributed by atoms with Gasteiger partial charge in [0.1, 0.15) is 11.2 Å². The number of thiophene rings is 1. The van der Waals surface area contributed by atoms with Gasteiger partial charge in [-0.3, -0.25) is 4.79 Å². The van der Waals surface area contributed by atoms with Crippen LogP contribution < -0.4 is 10.6 Å². The smallest absolute Gasteiger partial charge is 0.256 e. The molecular weight excluding hydrogens is 292 g/mol. The second-order valence-corrected chi connectivity index (χ2v) is 6.83. The fraction of sp³-hybridized carbons (Fsp3) is 0.167. The molecule has 2 N–H and O–H groups in total. The molecule has 1 amide bonds. The zero-order valence-electron chi connectivity index (χ0n) is 12.4. The third-order valence-corrected chi connectivity index (χ3v) is 5.44. The van der Waals surface area contributed by atoms with Crippen molar-refractivity contribution in [2.75, 3.05) is 5.32 Å². The minimum Gasteiger partial charge on any atom is -0.353 e. The lowest BCUT2D eigenvalue weighted by atomic mass is 10.0. The van der Waals surface area contributed by atoms with Gasteiger partial charge < -0.3 is 10.6 Å². The van der Waals surface area contributed by atoms with E-state index in [4.69, 9.17) is 0 Å². The van der Waals surface area contributed by atoms with E-state index in [0.717, 1.165) is 27.1 Å². The predicted molar refractivity (Wildman–Crippen MR) is 91.6 cm³/mol. The summed E-state index contributed by atoms with van der Waals surface area (Å²) in [6.45, 7) is 4.06. The van der Waals surface area contributed by atoms with Gasteiger partial charge in [-0.15, -0.1) is 11.3 Å². The monoisotopic (exact) mass is 308 g/mol. The quantitative estimate of drug-likeness (QED) is 0.701. The Bertz CT molecular complexity index is 892. The van der Waals surface area contributed by atoms with Crippen molar-refractivity contribution in [1.82, 2.24) is 5.32 Å². The zero-order chi connectivity index (χ0) is 15.3. The summed E-state index contributed by atoms with van der Waals surface area (Å²) in [6.07, 6.45) is -0.191. The van der Waals surface area contributed by atoms with Crippen LogP contribution >= 0.6 is 11.3 Å². The number of aryl methyl sites for hydroxylation is 1. The Balaban J connectivity index is 1.83. The van der Waals surface area contributed by atoms with E-state index in [2.05, 4.69) is 41.8 Å². The van der Waals surface area contributed by atoms with Crippen molar-refractivity contribution in [3.63, 3.8) is 0 Å². The first-order chi connectivity index (χ1) is 10.6. The maximum Gasteiger partial charge on any atom is 0.256 e. The van der Waals surface area contributed by atoms with Crippen LogP contribution in [0.4, 0.5) is 5.00 Å². The zero-order valence-corrected chi connectivity index (χ0v) is 13.3. The lowest BCUT2D eigenvalue weighted by Crippen LogP contribution is -2.38. The number of rotatable bonds is 1. The number of anilines is 1. The Labute approximate surface area is 133 Å². The summed E-state index contributed by atoms with van der Waals surface area (Å²) in [5.41, 5.74) is 2.96.